The normalized spacial score (nSPS) is 47.3. The van der Waals surface area contributed by atoms with Gasteiger partial charge in [-0.3, -0.25) is 0 Å². The van der Waals surface area contributed by atoms with Crippen LogP contribution in [0, 0.1) is 0 Å². The van der Waals surface area contributed by atoms with Crippen molar-refractivity contribution >= 4 is 6.21 Å². The maximum Gasteiger partial charge on any atom is 0.190 e. The van der Waals surface area contributed by atoms with E-state index in [0.717, 1.165) is 0 Å². The summed E-state index contributed by atoms with van der Waals surface area (Å²) in [5, 5.41) is 11.8. The Kier molecular flexibility index (Phi) is 2.88. The lowest BCUT2D eigenvalue weighted by molar-refractivity contribution is -0.217. The van der Waals surface area contributed by atoms with E-state index in [1.165, 1.54) is 6.21 Å². The van der Waals surface area contributed by atoms with E-state index < -0.39 is 24.0 Å². The number of hydrogen-bond donors (Lipinski definition) is 1. The number of oxime groups is 1. The fourth-order valence-corrected chi connectivity index (χ4v) is 2.83. The Morgan fingerprint density at radius 1 is 0.895 bits per heavy atom. The van der Waals surface area contributed by atoms with Crippen molar-refractivity contribution in [3.05, 3.63) is 0 Å². The SMILES string of the molecule is CC1(C)O[C@@H]2O[C@@H](C=NO)[C@H]3OC(C)(C)OC3[C@@H]2O1. The Hall–Kier alpha value is -0.730. The van der Waals surface area contributed by atoms with Gasteiger partial charge in [0.2, 0.25) is 0 Å². The summed E-state index contributed by atoms with van der Waals surface area (Å²) in [5.41, 5.74) is 0. The molecular formula is C12H19NO6. The minimum Gasteiger partial charge on any atom is -0.411 e. The third-order valence-electron chi connectivity index (χ3n) is 3.40. The average molecular weight is 273 g/mol. The zero-order chi connectivity index (χ0) is 13.8. The van der Waals surface area contributed by atoms with Crippen LogP contribution in [0.1, 0.15) is 27.7 Å². The van der Waals surface area contributed by atoms with E-state index in [0.29, 0.717) is 0 Å². The Labute approximate surface area is 111 Å². The molecule has 0 aromatic rings. The van der Waals surface area contributed by atoms with Crippen molar-refractivity contribution in [1.82, 2.24) is 0 Å². The molecule has 0 aromatic heterocycles. The largest absolute Gasteiger partial charge is 0.411 e. The van der Waals surface area contributed by atoms with Crippen molar-refractivity contribution in [2.24, 2.45) is 5.16 Å². The molecule has 0 spiro atoms. The van der Waals surface area contributed by atoms with Gasteiger partial charge in [-0.2, -0.15) is 0 Å². The van der Waals surface area contributed by atoms with Gasteiger partial charge in [-0.05, 0) is 27.7 Å². The van der Waals surface area contributed by atoms with Crippen molar-refractivity contribution in [2.75, 3.05) is 0 Å². The van der Waals surface area contributed by atoms with Crippen LogP contribution < -0.4 is 0 Å². The fraction of sp³-hybridized carbons (Fsp3) is 0.917. The van der Waals surface area contributed by atoms with Gasteiger partial charge in [-0.1, -0.05) is 5.16 Å². The molecule has 0 saturated carbocycles. The topological polar surface area (TPSA) is 78.7 Å². The van der Waals surface area contributed by atoms with Crippen LogP contribution >= 0.6 is 0 Å². The first-order chi connectivity index (χ1) is 8.81. The Bertz CT molecular complexity index is 396. The summed E-state index contributed by atoms with van der Waals surface area (Å²) in [4.78, 5) is 0. The summed E-state index contributed by atoms with van der Waals surface area (Å²) in [6.07, 6.45) is -0.867. The average Bonchev–Trinajstić information content (AvgIpc) is 2.74. The summed E-state index contributed by atoms with van der Waals surface area (Å²) in [6, 6.07) is 0. The molecule has 0 aromatic carbocycles. The second-order valence-corrected chi connectivity index (χ2v) is 5.90. The van der Waals surface area contributed by atoms with E-state index in [-0.39, 0.29) is 18.3 Å². The van der Waals surface area contributed by atoms with Gasteiger partial charge in [0, 0.05) is 0 Å². The monoisotopic (exact) mass is 273 g/mol. The number of hydrogen-bond acceptors (Lipinski definition) is 7. The lowest BCUT2D eigenvalue weighted by Gasteiger charge is -2.35. The van der Waals surface area contributed by atoms with Crippen LogP contribution in [-0.4, -0.2) is 53.7 Å². The number of ether oxygens (including phenoxy) is 5. The molecule has 0 bridgehead atoms. The van der Waals surface area contributed by atoms with Crippen LogP contribution in [0.25, 0.3) is 0 Å². The smallest absolute Gasteiger partial charge is 0.190 e. The van der Waals surface area contributed by atoms with Crippen LogP contribution in [0.2, 0.25) is 0 Å². The maximum atomic E-state index is 8.73. The maximum absolute atomic E-state index is 8.73. The standard InChI is InChI=1S/C12H19NO6/c1-11(2)16-7-6(5-13-14)15-10-9(8(7)17-11)18-12(3,4)19-10/h5-10,14H,1-4H3/t6-,7+,8?,9-,10-/m0/s1. The quantitative estimate of drug-likeness (QED) is 0.433. The van der Waals surface area contributed by atoms with Crippen molar-refractivity contribution < 1.29 is 28.9 Å². The number of nitrogens with zero attached hydrogens (tertiary/aromatic N) is 1. The highest BCUT2D eigenvalue weighted by molar-refractivity contribution is 5.64. The molecule has 3 heterocycles. The van der Waals surface area contributed by atoms with Gasteiger partial charge in [0.25, 0.3) is 0 Å². The highest BCUT2D eigenvalue weighted by Gasteiger charge is 2.60. The molecule has 3 rings (SSSR count). The number of rotatable bonds is 1. The molecule has 3 fully saturated rings. The van der Waals surface area contributed by atoms with Crippen LogP contribution in [0.4, 0.5) is 0 Å². The van der Waals surface area contributed by atoms with E-state index in [2.05, 4.69) is 5.16 Å². The first-order valence-corrected chi connectivity index (χ1v) is 6.36. The summed E-state index contributed by atoms with van der Waals surface area (Å²) < 4.78 is 28.9. The van der Waals surface area contributed by atoms with Gasteiger partial charge in [0.1, 0.15) is 24.4 Å². The molecule has 19 heavy (non-hydrogen) atoms. The third kappa shape index (κ3) is 2.25. The predicted molar refractivity (Wildman–Crippen MR) is 62.8 cm³/mol. The van der Waals surface area contributed by atoms with E-state index in [4.69, 9.17) is 28.9 Å². The fourth-order valence-electron chi connectivity index (χ4n) is 2.83. The molecular weight excluding hydrogens is 254 g/mol. The molecule has 0 aliphatic carbocycles. The Balaban J connectivity index is 1.88. The van der Waals surface area contributed by atoms with Gasteiger partial charge in [-0.25, -0.2) is 0 Å². The van der Waals surface area contributed by atoms with Crippen LogP contribution in [-0.2, 0) is 23.7 Å². The van der Waals surface area contributed by atoms with Gasteiger partial charge >= 0.3 is 0 Å². The van der Waals surface area contributed by atoms with Crippen LogP contribution in [0.5, 0.6) is 0 Å². The second-order valence-electron chi connectivity index (χ2n) is 5.90. The van der Waals surface area contributed by atoms with Crippen molar-refractivity contribution in [3.63, 3.8) is 0 Å². The molecule has 3 aliphatic heterocycles. The van der Waals surface area contributed by atoms with Gasteiger partial charge in [0.05, 0.1) is 6.21 Å². The molecule has 5 atom stereocenters. The first-order valence-electron chi connectivity index (χ1n) is 6.36. The van der Waals surface area contributed by atoms with Crippen molar-refractivity contribution in [2.45, 2.75) is 70.0 Å². The summed E-state index contributed by atoms with van der Waals surface area (Å²) in [6.45, 7) is 7.29. The van der Waals surface area contributed by atoms with E-state index >= 15 is 0 Å². The minimum atomic E-state index is -0.735. The number of fused-ring (bicyclic) bond motifs is 3. The molecule has 1 N–H and O–H groups in total. The third-order valence-corrected chi connectivity index (χ3v) is 3.40. The van der Waals surface area contributed by atoms with E-state index in [9.17, 15) is 0 Å². The molecule has 7 heteroatoms. The summed E-state index contributed by atoms with van der Waals surface area (Å²) in [5.74, 6) is -1.47. The minimum absolute atomic E-state index is 0.321. The van der Waals surface area contributed by atoms with E-state index in [1.807, 2.05) is 27.7 Å². The second kappa shape index (κ2) is 4.13. The molecule has 7 nitrogen and oxygen atoms in total. The van der Waals surface area contributed by atoms with E-state index in [1.54, 1.807) is 0 Å². The molecule has 0 amide bonds. The summed E-state index contributed by atoms with van der Waals surface area (Å²) in [7, 11) is 0. The van der Waals surface area contributed by atoms with Gasteiger partial charge < -0.3 is 28.9 Å². The van der Waals surface area contributed by atoms with Gasteiger partial charge in [0.15, 0.2) is 17.9 Å². The van der Waals surface area contributed by atoms with Crippen molar-refractivity contribution in [3.8, 4) is 0 Å². The Morgan fingerprint density at radius 2 is 1.47 bits per heavy atom. The molecule has 3 aliphatic rings. The Morgan fingerprint density at radius 3 is 2.16 bits per heavy atom. The molecule has 108 valence electrons. The zero-order valence-electron chi connectivity index (χ0n) is 11.4. The molecule has 3 saturated heterocycles. The van der Waals surface area contributed by atoms with Crippen LogP contribution in [0.15, 0.2) is 5.16 Å². The molecule has 1 unspecified atom stereocenters. The van der Waals surface area contributed by atoms with Gasteiger partial charge in [-0.15, -0.1) is 0 Å². The van der Waals surface area contributed by atoms with Crippen molar-refractivity contribution in [1.29, 1.82) is 0 Å². The molecule has 0 radical (unpaired) electrons. The zero-order valence-corrected chi connectivity index (χ0v) is 11.4. The lowest BCUT2D eigenvalue weighted by Crippen LogP contribution is -2.55. The summed E-state index contributed by atoms with van der Waals surface area (Å²) >= 11 is 0. The first kappa shape index (κ1) is 13.3. The highest BCUT2D eigenvalue weighted by atomic mass is 16.9. The highest BCUT2D eigenvalue weighted by Crippen LogP contribution is 2.43. The lowest BCUT2D eigenvalue weighted by atomic mass is 10.00. The predicted octanol–water partition coefficient (Wildman–Crippen LogP) is 0.843. The van der Waals surface area contributed by atoms with Crippen LogP contribution in [0.3, 0.4) is 0 Å².